The van der Waals surface area contributed by atoms with E-state index in [-0.39, 0.29) is 18.1 Å². The van der Waals surface area contributed by atoms with Crippen molar-refractivity contribution in [2.75, 3.05) is 31.3 Å². The van der Waals surface area contributed by atoms with Crippen LogP contribution in [0.15, 0.2) is 6.20 Å². The topological polar surface area (TPSA) is 89.3 Å². The lowest BCUT2D eigenvalue weighted by Crippen LogP contribution is -2.48. The van der Waals surface area contributed by atoms with Crippen LogP contribution in [0.4, 0.5) is 0 Å². The maximum Gasteiger partial charge on any atom is 0.273 e. The minimum atomic E-state index is -0.369. The molecule has 0 bridgehead atoms. The zero-order chi connectivity index (χ0) is 14.4. The van der Waals surface area contributed by atoms with Crippen molar-refractivity contribution in [2.24, 2.45) is 7.05 Å². The van der Waals surface area contributed by atoms with Gasteiger partial charge in [0, 0.05) is 13.6 Å². The normalized spacial score (nSPS) is 17.9. The van der Waals surface area contributed by atoms with E-state index in [0.717, 1.165) is 24.3 Å². The fraction of sp³-hybridized carbons (Fsp3) is 0.750. The molecule has 0 spiro atoms. The molecule has 1 amide bonds. The number of nitrogens with one attached hydrogen (secondary N) is 1. The summed E-state index contributed by atoms with van der Waals surface area (Å²) in [4.78, 5) is 12.0. The van der Waals surface area contributed by atoms with Crippen LogP contribution in [0, 0.1) is 0 Å². The summed E-state index contributed by atoms with van der Waals surface area (Å²) in [5.41, 5.74) is -0.0683. The van der Waals surface area contributed by atoms with Gasteiger partial charge in [-0.2, -0.15) is 11.8 Å². The van der Waals surface area contributed by atoms with Crippen molar-refractivity contribution < 1.29 is 14.6 Å². The van der Waals surface area contributed by atoms with Gasteiger partial charge in [0.1, 0.15) is 0 Å². The molecule has 0 radical (unpaired) electrons. The number of carbonyl (C=O) groups is 1. The van der Waals surface area contributed by atoms with Gasteiger partial charge in [-0.25, -0.2) is 0 Å². The van der Waals surface area contributed by atoms with Crippen LogP contribution in [0.25, 0.3) is 0 Å². The quantitative estimate of drug-likeness (QED) is 0.757. The molecule has 1 saturated heterocycles. The molecular formula is C12H20N4O3S. The van der Waals surface area contributed by atoms with E-state index in [2.05, 4.69) is 15.6 Å². The first-order chi connectivity index (χ1) is 9.65. The van der Waals surface area contributed by atoms with E-state index in [0.29, 0.717) is 18.8 Å². The van der Waals surface area contributed by atoms with Gasteiger partial charge in [-0.1, -0.05) is 5.21 Å². The molecule has 0 atom stereocenters. The van der Waals surface area contributed by atoms with Crippen LogP contribution in [-0.4, -0.2) is 62.9 Å². The number of ether oxygens (including phenoxy) is 1. The third kappa shape index (κ3) is 3.94. The fourth-order valence-electron chi connectivity index (χ4n) is 2.16. The van der Waals surface area contributed by atoms with Crippen molar-refractivity contribution in [3.63, 3.8) is 0 Å². The molecule has 7 nitrogen and oxygen atoms in total. The highest BCUT2D eigenvalue weighted by Gasteiger charge is 2.33. The Labute approximate surface area is 122 Å². The number of aliphatic hydroxyl groups excluding tert-OH is 1. The zero-order valence-electron chi connectivity index (χ0n) is 11.5. The summed E-state index contributed by atoms with van der Waals surface area (Å²) in [5, 5.41) is 19.3. The molecule has 0 aliphatic carbocycles. The van der Waals surface area contributed by atoms with Crippen molar-refractivity contribution in [2.45, 2.75) is 18.4 Å². The Morgan fingerprint density at radius 1 is 1.60 bits per heavy atom. The number of thioether (sulfide) groups is 1. The number of aliphatic hydroxyl groups is 1. The fourth-order valence-corrected chi connectivity index (χ4v) is 3.40. The van der Waals surface area contributed by atoms with E-state index >= 15 is 0 Å². The number of hydrogen-bond donors (Lipinski definition) is 2. The Kier molecular flexibility index (Phi) is 5.38. The van der Waals surface area contributed by atoms with E-state index in [4.69, 9.17) is 9.84 Å². The molecule has 1 aliphatic rings. The Balaban J connectivity index is 1.92. The molecule has 1 aromatic rings. The minimum Gasteiger partial charge on any atom is -0.394 e. The lowest BCUT2D eigenvalue weighted by molar-refractivity contribution is -0.0608. The molecular weight excluding hydrogens is 280 g/mol. The highest BCUT2D eigenvalue weighted by Crippen LogP contribution is 2.30. The average Bonchev–Trinajstić information content (AvgIpc) is 2.90. The second-order valence-electron chi connectivity index (χ2n) is 4.83. The molecule has 2 heterocycles. The molecule has 0 aromatic carbocycles. The smallest absolute Gasteiger partial charge is 0.273 e. The number of rotatable bonds is 6. The lowest BCUT2D eigenvalue weighted by atomic mass is 9.96. The Morgan fingerprint density at radius 2 is 2.35 bits per heavy atom. The Bertz CT molecular complexity index is 446. The molecule has 2 rings (SSSR count). The van der Waals surface area contributed by atoms with Gasteiger partial charge in [-0.3, -0.25) is 9.48 Å². The van der Waals surface area contributed by atoms with Crippen molar-refractivity contribution in [3.05, 3.63) is 11.9 Å². The minimum absolute atomic E-state index is 0.00694. The average molecular weight is 300 g/mol. The number of amides is 1. The van der Waals surface area contributed by atoms with E-state index < -0.39 is 0 Å². The third-order valence-corrected chi connectivity index (χ3v) is 4.30. The second kappa shape index (κ2) is 7.05. The highest BCUT2D eigenvalue weighted by molar-refractivity contribution is 7.99. The maximum absolute atomic E-state index is 12.0. The summed E-state index contributed by atoms with van der Waals surface area (Å²) in [7, 11) is 1.72. The van der Waals surface area contributed by atoms with E-state index in [1.54, 1.807) is 13.2 Å². The first kappa shape index (κ1) is 15.3. The van der Waals surface area contributed by atoms with E-state index in [9.17, 15) is 4.79 Å². The number of nitrogens with zero attached hydrogens (tertiary/aromatic N) is 3. The van der Waals surface area contributed by atoms with E-state index in [1.807, 2.05) is 11.8 Å². The molecule has 8 heteroatoms. The number of carbonyl (C=O) groups excluding carboxylic acids is 1. The van der Waals surface area contributed by atoms with Gasteiger partial charge in [-0.15, -0.1) is 5.10 Å². The monoisotopic (exact) mass is 300 g/mol. The van der Waals surface area contributed by atoms with Crippen LogP contribution in [0.1, 0.15) is 23.3 Å². The molecule has 0 unspecified atom stereocenters. The van der Waals surface area contributed by atoms with Crippen LogP contribution in [0.5, 0.6) is 0 Å². The SMILES string of the molecule is Cn1cc(C(=O)NCC2(OCCO)CCSCC2)nn1. The third-order valence-electron chi connectivity index (χ3n) is 3.31. The van der Waals surface area contributed by atoms with Crippen molar-refractivity contribution in [3.8, 4) is 0 Å². The predicted molar refractivity (Wildman–Crippen MR) is 75.7 cm³/mol. The van der Waals surface area contributed by atoms with Crippen LogP contribution in [0.2, 0.25) is 0 Å². The summed E-state index contributed by atoms with van der Waals surface area (Å²) in [6.45, 7) is 0.724. The van der Waals surface area contributed by atoms with Gasteiger partial charge in [-0.05, 0) is 24.3 Å². The van der Waals surface area contributed by atoms with Crippen LogP contribution in [-0.2, 0) is 11.8 Å². The van der Waals surface area contributed by atoms with Crippen LogP contribution >= 0.6 is 11.8 Å². The van der Waals surface area contributed by atoms with E-state index in [1.165, 1.54) is 4.68 Å². The zero-order valence-corrected chi connectivity index (χ0v) is 12.4. The first-order valence-corrected chi connectivity index (χ1v) is 7.78. The van der Waals surface area contributed by atoms with Gasteiger partial charge in [0.25, 0.3) is 5.91 Å². The lowest BCUT2D eigenvalue weighted by Gasteiger charge is -2.36. The van der Waals surface area contributed by atoms with Crippen LogP contribution < -0.4 is 5.32 Å². The summed E-state index contributed by atoms with van der Waals surface area (Å²) in [6.07, 6.45) is 3.32. The standard InChI is InChI=1S/C12H20N4O3S/c1-16-8-10(14-15-16)11(18)13-9-12(19-5-4-17)2-6-20-7-3-12/h8,17H,2-7,9H2,1H3,(H,13,18). The van der Waals surface area contributed by atoms with Gasteiger partial charge in [0.15, 0.2) is 5.69 Å². The number of aryl methyl sites for hydroxylation is 1. The summed E-state index contributed by atoms with van der Waals surface area (Å²) >= 11 is 1.88. The summed E-state index contributed by atoms with van der Waals surface area (Å²) in [6, 6.07) is 0. The summed E-state index contributed by atoms with van der Waals surface area (Å²) in [5.74, 6) is 1.77. The highest BCUT2D eigenvalue weighted by atomic mass is 32.2. The Morgan fingerprint density at radius 3 is 2.95 bits per heavy atom. The molecule has 112 valence electrons. The van der Waals surface area contributed by atoms with Crippen molar-refractivity contribution in [1.29, 1.82) is 0 Å². The molecule has 1 aromatic heterocycles. The first-order valence-electron chi connectivity index (χ1n) is 6.62. The van der Waals surface area contributed by atoms with Gasteiger partial charge in [0.2, 0.25) is 0 Å². The second-order valence-corrected chi connectivity index (χ2v) is 6.05. The summed E-state index contributed by atoms with van der Waals surface area (Å²) < 4.78 is 7.28. The maximum atomic E-state index is 12.0. The van der Waals surface area contributed by atoms with Crippen LogP contribution in [0.3, 0.4) is 0 Å². The number of hydrogen-bond acceptors (Lipinski definition) is 6. The predicted octanol–water partition coefficient (Wildman–Crippen LogP) is -0.180. The van der Waals surface area contributed by atoms with Gasteiger partial charge >= 0.3 is 0 Å². The molecule has 0 saturated carbocycles. The molecule has 20 heavy (non-hydrogen) atoms. The molecule has 1 fully saturated rings. The van der Waals surface area contributed by atoms with Crippen molar-refractivity contribution in [1.82, 2.24) is 20.3 Å². The van der Waals surface area contributed by atoms with Gasteiger partial charge < -0.3 is 15.2 Å². The Hall–Kier alpha value is -1.12. The van der Waals surface area contributed by atoms with Gasteiger partial charge in [0.05, 0.1) is 25.0 Å². The largest absolute Gasteiger partial charge is 0.394 e. The number of aromatic nitrogens is 3. The molecule has 1 aliphatic heterocycles. The van der Waals surface area contributed by atoms with Crippen molar-refractivity contribution >= 4 is 17.7 Å². The molecule has 2 N–H and O–H groups in total.